The summed E-state index contributed by atoms with van der Waals surface area (Å²) < 4.78 is 0. The molecule has 0 spiro atoms. The summed E-state index contributed by atoms with van der Waals surface area (Å²) in [4.78, 5) is 38.6. The van der Waals surface area contributed by atoms with E-state index in [1.807, 2.05) is 30.3 Å². The summed E-state index contributed by atoms with van der Waals surface area (Å²) in [5.41, 5.74) is 4.98. The first kappa shape index (κ1) is 30.8. The highest BCUT2D eigenvalue weighted by Crippen LogP contribution is 2.34. The molecule has 8 nitrogen and oxygen atoms in total. The molecule has 1 aliphatic carbocycles. The number of carboxylic acids is 1. The summed E-state index contributed by atoms with van der Waals surface area (Å²) in [5.74, 6) is -1.33. The van der Waals surface area contributed by atoms with Crippen LogP contribution < -0.4 is 15.5 Å². The van der Waals surface area contributed by atoms with Crippen molar-refractivity contribution >= 4 is 29.3 Å². The molecule has 0 unspecified atom stereocenters. The molecule has 1 aliphatic rings. The van der Waals surface area contributed by atoms with Crippen LogP contribution in [0.5, 0.6) is 0 Å². The Morgan fingerprint density at radius 3 is 2.21 bits per heavy atom. The number of carbonyl (C=O) groups is 3. The van der Waals surface area contributed by atoms with E-state index in [1.54, 1.807) is 29.2 Å². The maximum Gasteiger partial charge on any atom is 0.334 e. The molecule has 42 heavy (non-hydrogen) atoms. The van der Waals surface area contributed by atoms with E-state index in [2.05, 4.69) is 49.6 Å². The van der Waals surface area contributed by atoms with Crippen LogP contribution in [-0.2, 0) is 16.8 Å². The molecular formula is C34H41N3O5. The Morgan fingerprint density at radius 1 is 0.929 bits per heavy atom. The Hall–Kier alpha value is -4.17. The second-order valence-electron chi connectivity index (χ2n) is 12.0. The average Bonchev–Trinajstić information content (AvgIpc) is 2.99. The molecule has 0 bridgehead atoms. The highest BCUT2D eigenvalue weighted by atomic mass is 16.4. The number of amides is 3. The van der Waals surface area contributed by atoms with E-state index in [1.165, 1.54) is 37.7 Å². The zero-order valence-corrected chi connectivity index (χ0v) is 24.6. The van der Waals surface area contributed by atoms with Crippen molar-refractivity contribution in [3.63, 3.8) is 0 Å². The smallest absolute Gasteiger partial charge is 0.334 e. The zero-order valence-electron chi connectivity index (χ0n) is 24.6. The number of benzene rings is 3. The number of nitrogens with zero attached hydrogens (tertiary/aromatic N) is 1. The molecule has 8 heteroatoms. The van der Waals surface area contributed by atoms with Gasteiger partial charge in [-0.25, -0.2) is 9.59 Å². The quantitative estimate of drug-likeness (QED) is 0.236. The maximum absolute atomic E-state index is 13.7. The lowest BCUT2D eigenvalue weighted by molar-refractivity contribution is -0.146. The third kappa shape index (κ3) is 8.19. The van der Waals surface area contributed by atoms with E-state index >= 15 is 0 Å². The number of hydrogen-bond acceptors (Lipinski definition) is 4. The monoisotopic (exact) mass is 571 g/mol. The molecule has 0 aromatic heterocycles. The molecular weight excluding hydrogens is 530 g/mol. The van der Waals surface area contributed by atoms with Crippen LogP contribution >= 0.6 is 0 Å². The number of anilines is 2. The summed E-state index contributed by atoms with van der Waals surface area (Å²) >= 11 is 0. The molecule has 0 heterocycles. The summed E-state index contributed by atoms with van der Waals surface area (Å²) in [6.45, 7) is 6.27. The number of rotatable bonds is 9. The fraction of sp³-hybridized carbons (Fsp3) is 0.382. The van der Waals surface area contributed by atoms with Gasteiger partial charge in [0.05, 0.1) is 13.1 Å². The third-order valence-corrected chi connectivity index (χ3v) is 7.80. The van der Waals surface area contributed by atoms with Gasteiger partial charge < -0.3 is 20.8 Å². The first-order valence-corrected chi connectivity index (χ1v) is 14.6. The van der Waals surface area contributed by atoms with Gasteiger partial charge in [-0.1, -0.05) is 76.4 Å². The average molecular weight is 572 g/mol. The van der Waals surface area contributed by atoms with Gasteiger partial charge in [0.2, 0.25) is 0 Å². The van der Waals surface area contributed by atoms with Gasteiger partial charge in [-0.05, 0) is 77.3 Å². The predicted molar refractivity (Wildman–Crippen MR) is 165 cm³/mol. The summed E-state index contributed by atoms with van der Waals surface area (Å²) in [7, 11) is 0. The highest BCUT2D eigenvalue weighted by Gasteiger charge is 2.21. The lowest BCUT2D eigenvalue weighted by atomic mass is 9.84. The van der Waals surface area contributed by atoms with Crippen molar-refractivity contribution in [2.45, 2.75) is 76.9 Å². The number of carboxylic acid groups (broad SMARTS) is 1. The molecule has 3 aromatic carbocycles. The van der Waals surface area contributed by atoms with Gasteiger partial charge in [0.1, 0.15) is 0 Å². The van der Waals surface area contributed by atoms with Gasteiger partial charge in [0, 0.05) is 16.9 Å². The Morgan fingerprint density at radius 2 is 1.60 bits per heavy atom. The molecule has 1 atom stereocenters. The van der Waals surface area contributed by atoms with E-state index in [4.69, 9.17) is 5.11 Å². The normalized spacial score (nSPS) is 14.6. The lowest BCUT2D eigenvalue weighted by Gasteiger charge is -2.26. The Labute approximate surface area is 247 Å². The van der Waals surface area contributed by atoms with Crippen LogP contribution in [0.1, 0.15) is 85.8 Å². The van der Waals surface area contributed by atoms with Gasteiger partial charge in [0.25, 0.3) is 5.91 Å². The SMILES string of the molecule is CC(C)(C)c1cccc(NC(=O)N(Cc2ccc(C(=O)NC[C@@H](O)C(=O)O)cc2)c2ccc(C3CCCCC3)cc2)c1. The van der Waals surface area contributed by atoms with Crippen LogP contribution in [0.3, 0.4) is 0 Å². The first-order valence-electron chi connectivity index (χ1n) is 14.6. The molecule has 4 N–H and O–H groups in total. The van der Waals surface area contributed by atoms with Crippen molar-refractivity contribution in [2.75, 3.05) is 16.8 Å². The fourth-order valence-electron chi connectivity index (χ4n) is 5.22. The molecule has 3 aromatic rings. The van der Waals surface area contributed by atoms with E-state index in [0.29, 0.717) is 17.2 Å². The van der Waals surface area contributed by atoms with Crippen molar-refractivity contribution in [3.05, 3.63) is 95.1 Å². The molecule has 4 rings (SSSR count). The van der Waals surface area contributed by atoms with Crippen LogP contribution in [-0.4, -0.2) is 40.8 Å². The summed E-state index contributed by atoms with van der Waals surface area (Å²) in [6.07, 6.45) is 4.52. The van der Waals surface area contributed by atoms with Crippen molar-refractivity contribution in [3.8, 4) is 0 Å². The zero-order chi connectivity index (χ0) is 30.3. The topological polar surface area (TPSA) is 119 Å². The van der Waals surface area contributed by atoms with E-state index in [0.717, 1.165) is 16.8 Å². The number of aliphatic carboxylic acids is 1. The minimum absolute atomic E-state index is 0.0604. The van der Waals surface area contributed by atoms with E-state index in [-0.39, 0.29) is 18.0 Å². The van der Waals surface area contributed by atoms with Crippen LogP contribution in [0.4, 0.5) is 16.2 Å². The highest BCUT2D eigenvalue weighted by molar-refractivity contribution is 6.01. The van der Waals surface area contributed by atoms with Crippen LogP contribution in [0.25, 0.3) is 0 Å². The standard InChI is InChI=1S/C34H41N3O5/c1-34(2,3)27-10-7-11-28(20-27)36-33(42)37(29-18-16-25(17-19-29)24-8-5-4-6-9-24)22-23-12-14-26(15-13-23)31(39)35-21-30(38)32(40)41/h7,10-20,24,30,38H,4-6,8-9,21-22H2,1-3H3,(H,35,39)(H,36,42)(H,40,41)/t30-/m1/s1. The molecule has 0 saturated heterocycles. The minimum atomic E-state index is -1.67. The predicted octanol–water partition coefficient (Wildman–Crippen LogP) is 6.45. The number of hydrogen-bond donors (Lipinski definition) is 4. The van der Waals surface area contributed by atoms with Gasteiger partial charge >= 0.3 is 12.0 Å². The van der Waals surface area contributed by atoms with Gasteiger partial charge in [-0.2, -0.15) is 0 Å². The Balaban J connectivity index is 1.54. The number of carbonyl (C=O) groups excluding carboxylic acids is 2. The minimum Gasteiger partial charge on any atom is -0.479 e. The second-order valence-corrected chi connectivity index (χ2v) is 12.0. The van der Waals surface area contributed by atoms with Crippen LogP contribution in [0.2, 0.25) is 0 Å². The maximum atomic E-state index is 13.7. The number of urea groups is 1. The van der Waals surface area contributed by atoms with E-state index in [9.17, 15) is 19.5 Å². The van der Waals surface area contributed by atoms with Crippen molar-refractivity contribution in [1.29, 1.82) is 0 Å². The van der Waals surface area contributed by atoms with Crippen LogP contribution in [0, 0.1) is 0 Å². The Bertz CT molecular complexity index is 1370. The fourth-order valence-corrected chi connectivity index (χ4v) is 5.22. The van der Waals surface area contributed by atoms with Crippen LogP contribution in [0.15, 0.2) is 72.8 Å². The molecule has 1 saturated carbocycles. The summed E-state index contributed by atoms with van der Waals surface area (Å²) in [5, 5.41) is 23.7. The number of nitrogens with one attached hydrogen (secondary N) is 2. The van der Waals surface area contributed by atoms with Crippen molar-refractivity contribution in [1.82, 2.24) is 5.32 Å². The molecule has 0 aliphatic heterocycles. The van der Waals surface area contributed by atoms with E-state index < -0.39 is 24.5 Å². The van der Waals surface area contributed by atoms with Gasteiger partial charge in [-0.15, -0.1) is 0 Å². The number of aliphatic hydroxyl groups is 1. The Kier molecular flexibility index (Phi) is 10.0. The lowest BCUT2D eigenvalue weighted by Crippen LogP contribution is -2.36. The largest absolute Gasteiger partial charge is 0.479 e. The third-order valence-electron chi connectivity index (χ3n) is 7.80. The second kappa shape index (κ2) is 13.7. The summed E-state index contributed by atoms with van der Waals surface area (Å²) in [6, 6.07) is 22.6. The number of aliphatic hydroxyl groups excluding tert-OH is 1. The first-order chi connectivity index (χ1) is 20.0. The molecule has 0 radical (unpaired) electrons. The molecule has 1 fully saturated rings. The van der Waals surface area contributed by atoms with Gasteiger partial charge in [0.15, 0.2) is 6.10 Å². The van der Waals surface area contributed by atoms with Crippen molar-refractivity contribution in [2.24, 2.45) is 0 Å². The van der Waals surface area contributed by atoms with Crippen molar-refractivity contribution < 1.29 is 24.6 Å². The molecule has 222 valence electrons. The molecule has 3 amide bonds. The van der Waals surface area contributed by atoms with Gasteiger partial charge in [-0.3, -0.25) is 9.69 Å².